The Kier molecular flexibility index (Phi) is 7.40. The van der Waals surface area contributed by atoms with E-state index in [0.29, 0.717) is 16.6 Å². The summed E-state index contributed by atoms with van der Waals surface area (Å²) in [6, 6.07) is 16.1. The van der Waals surface area contributed by atoms with Crippen LogP contribution in [0.1, 0.15) is 51.3 Å². The first-order valence-corrected chi connectivity index (χ1v) is 14.5. The average molecular weight is 558 g/mol. The molecule has 1 amide bonds. The molecule has 5 nitrogen and oxygen atoms in total. The Labute approximate surface area is 234 Å². The van der Waals surface area contributed by atoms with E-state index in [0.717, 1.165) is 46.4 Å². The molecule has 0 aromatic heterocycles. The van der Waals surface area contributed by atoms with Gasteiger partial charge >= 0.3 is 0 Å². The second-order valence-corrected chi connectivity index (χ2v) is 12.5. The van der Waals surface area contributed by atoms with Crippen LogP contribution in [0, 0.1) is 5.92 Å². The van der Waals surface area contributed by atoms with Gasteiger partial charge < -0.3 is 14.7 Å². The third-order valence-electron chi connectivity index (χ3n) is 7.77. The lowest BCUT2D eigenvalue weighted by molar-refractivity contribution is -0.128. The number of halogens is 2. The number of hydrogen-bond acceptors (Lipinski definition) is 5. The smallest absolute Gasteiger partial charge is 0.262 e. The van der Waals surface area contributed by atoms with Gasteiger partial charge in [-0.25, -0.2) is 4.99 Å². The number of aliphatic imine (C=N–C) groups is 1. The third-order valence-corrected chi connectivity index (χ3v) is 9.34. The van der Waals surface area contributed by atoms with Crippen molar-refractivity contribution in [3.63, 3.8) is 0 Å². The fourth-order valence-electron chi connectivity index (χ4n) is 5.93. The molecule has 3 aliphatic rings. The van der Waals surface area contributed by atoms with Gasteiger partial charge in [0.1, 0.15) is 10.4 Å². The van der Waals surface area contributed by atoms with Gasteiger partial charge in [0.15, 0.2) is 5.17 Å². The second-order valence-electron chi connectivity index (χ2n) is 10.6. The van der Waals surface area contributed by atoms with Gasteiger partial charge in [-0.2, -0.15) is 0 Å². The van der Waals surface area contributed by atoms with Crippen LogP contribution in [0.2, 0.25) is 10.0 Å². The lowest BCUT2D eigenvalue weighted by atomic mass is 9.81. The number of rotatable bonds is 6. The Bertz CT molecular complexity index is 1240. The molecule has 2 aromatic carbocycles. The highest BCUT2D eigenvalue weighted by Gasteiger charge is 2.53. The Morgan fingerprint density at radius 3 is 2.30 bits per heavy atom. The van der Waals surface area contributed by atoms with Gasteiger partial charge in [0, 0.05) is 34.9 Å². The molecule has 2 aromatic rings. The van der Waals surface area contributed by atoms with Crippen LogP contribution in [-0.4, -0.2) is 58.5 Å². The van der Waals surface area contributed by atoms with E-state index >= 15 is 0 Å². The standard InChI is InChI=1S/C29H34Cl2N4OS/c1-6-34(23-15-16-33(5)17-23)27(36)25-24(18(2)3)35-26(19-7-11-21(30)12-8-19)29(4,32-28(35)37-25)20-9-13-22(31)14-10-20/h7-14,18,23,26H,6,15-17H2,1-5H3/t23?,26-,29?/m1/s1. The maximum atomic E-state index is 14.1. The van der Waals surface area contributed by atoms with Crippen molar-refractivity contribution in [2.75, 3.05) is 26.7 Å². The fourth-order valence-corrected chi connectivity index (χ4v) is 7.54. The molecule has 1 fully saturated rings. The number of nitrogens with zero attached hydrogens (tertiary/aromatic N) is 4. The minimum Gasteiger partial charge on any atom is -0.334 e. The number of hydrogen-bond donors (Lipinski definition) is 0. The minimum atomic E-state index is -0.561. The van der Waals surface area contributed by atoms with Gasteiger partial charge in [-0.15, -0.1) is 0 Å². The predicted octanol–water partition coefficient (Wildman–Crippen LogP) is 6.79. The third kappa shape index (κ3) is 4.71. The molecular formula is C29H34Cl2N4OS. The molecule has 3 aliphatic heterocycles. The molecule has 0 aliphatic carbocycles. The molecule has 3 atom stereocenters. The molecule has 5 rings (SSSR count). The van der Waals surface area contributed by atoms with Gasteiger partial charge in [0.25, 0.3) is 5.91 Å². The van der Waals surface area contributed by atoms with Crippen molar-refractivity contribution in [2.24, 2.45) is 10.9 Å². The topological polar surface area (TPSA) is 39.2 Å². The summed E-state index contributed by atoms with van der Waals surface area (Å²) in [5, 5.41) is 2.27. The van der Waals surface area contributed by atoms with Crippen LogP contribution in [0.25, 0.3) is 0 Å². The molecule has 196 valence electrons. The number of allylic oxidation sites excluding steroid dienone is 1. The molecule has 0 radical (unpaired) electrons. The van der Waals surface area contributed by atoms with Crippen LogP contribution in [0.15, 0.2) is 64.1 Å². The maximum absolute atomic E-state index is 14.1. The number of amides is 1. The molecule has 0 saturated carbocycles. The van der Waals surface area contributed by atoms with E-state index in [4.69, 9.17) is 28.2 Å². The number of carbonyl (C=O) groups is 1. The maximum Gasteiger partial charge on any atom is 0.262 e. The van der Waals surface area contributed by atoms with Crippen molar-refractivity contribution in [3.8, 4) is 0 Å². The average Bonchev–Trinajstić information content (AvgIpc) is 3.52. The zero-order valence-electron chi connectivity index (χ0n) is 22.0. The molecule has 8 heteroatoms. The molecule has 2 unspecified atom stereocenters. The van der Waals surface area contributed by atoms with Crippen molar-refractivity contribution in [1.82, 2.24) is 14.7 Å². The first-order chi connectivity index (χ1) is 17.6. The quantitative estimate of drug-likeness (QED) is 0.392. The zero-order valence-corrected chi connectivity index (χ0v) is 24.4. The van der Waals surface area contributed by atoms with Crippen molar-refractivity contribution < 1.29 is 4.79 Å². The molecule has 0 spiro atoms. The first kappa shape index (κ1) is 26.6. The van der Waals surface area contributed by atoms with E-state index in [1.807, 2.05) is 24.3 Å². The summed E-state index contributed by atoms with van der Waals surface area (Å²) in [6.45, 7) is 11.2. The Balaban J connectivity index is 1.61. The number of fused-ring (bicyclic) bond motifs is 1. The van der Waals surface area contributed by atoms with E-state index in [9.17, 15) is 4.79 Å². The van der Waals surface area contributed by atoms with E-state index in [1.54, 1.807) is 0 Å². The van der Waals surface area contributed by atoms with Crippen LogP contribution in [0.4, 0.5) is 0 Å². The van der Waals surface area contributed by atoms with E-state index in [-0.39, 0.29) is 23.9 Å². The van der Waals surface area contributed by atoms with Crippen molar-refractivity contribution in [1.29, 1.82) is 0 Å². The highest BCUT2D eigenvalue weighted by atomic mass is 35.5. The van der Waals surface area contributed by atoms with E-state index < -0.39 is 5.54 Å². The van der Waals surface area contributed by atoms with Gasteiger partial charge in [0.05, 0.1) is 6.04 Å². The van der Waals surface area contributed by atoms with E-state index in [2.05, 4.69) is 73.7 Å². The summed E-state index contributed by atoms with van der Waals surface area (Å²) in [5.41, 5.74) is 2.68. The number of thioether (sulfide) groups is 1. The largest absolute Gasteiger partial charge is 0.334 e. The summed E-state index contributed by atoms with van der Waals surface area (Å²) >= 11 is 14.0. The monoisotopic (exact) mass is 556 g/mol. The van der Waals surface area contributed by atoms with Crippen LogP contribution < -0.4 is 0 Å². The molecule has 37 heavy (non-hydrogen) atoms. The lowest BCUT2D eigenvalue weighted by Gasteiger charge is -2.37. The molecule has 0 bridgehead atoms. The van der Waals surface area contributed by atoms with Gasteiger partial charge in [-0.3, -0.25) is 4.79 Å². The molecule has 0 N–H and O–H groups in total. The van der Waals surface area contributed by atoms with Gasteiger partial charge in [-0.1, -0.05) is 61.3 Å². The Morgan fingerprint density at radius 1 is 1.14 bits per heavy atom. The number of carbonyl (C=O) groups excluding carboxylic acids is 1. The lowest BCUT2D eigenvalue weighted by Crippen LogP contribution is -2.42. The highest BCUT2D eigenvalue weighted by molar-refractivity contribution is 8.18. The minimum absolute atomic E-state index is 0.121. The van der Waals surface area contributed by atoms with Crippen LogP contribution in [0.3, 0.4) is 0 Å². The molecule has 1 saturated heterocycles. The SMILES string of the molecule is CCN(C(=O)C1=C(C(C)C)N2C(=NC(C)(c3ccc(Cl)cc3)[C@H]2c2ccc(Cl)cc2)S1)C1CCN(C)C1. The second kappa shape index (κ2) is 10.3. The number of likely N-dealkylation sites (tertiary alicyclic amines) is 1. The Hall–Kier alpha value is -1.99. The summed E-state index contributed by atoms with van der Waals surface area (Å²) in [5.74, 6) is 0.267. The van der Waals surface area contributed by atoms with Crippen LogP contribution in [-0.2, 0) is 10.3 Å². The first-order valence-electron chi connectivity index (χ1n) is 13.0. The normalized spacial score (nSPS) is 25.7. The van der Waals surface area contributed by atoms with Gasteiger partial charge in [0.2, 0.25) is 0 Å². The van der Waals surface area contributed by atoms with Crippen LogP contribution >= 0.6 is 35.0 Å². The van der Waals surface area contributed by atoms with E-state index in [1.165, 1.54) is 11.8 Å². The number of benzene rings is 2. The number of amidine groups is 1. The Morgan fingerprint density at radius 2 is 1.76 bits per heavy atom. The predicted molar refractivity (Wildman–Crippen MR) is 155 cm³/mol. The van der Waals surface area contributed by atoms with Gasteiger partial charge in [-0.05, 0) is 86.9 Å². The van der Waals surface area contributed by atoms with Crippen LogP contribution in [0.5, 0.6) is 0 Å². The summed E-state index contributed by atoms with van der Waals surface area (Å²) in [7, 11) is 2.13. The summed E-state index contributed by atoms with van der Waals surface area (Å²) in [4.78, 5) is 26.9. The fraction of sp³-hybridized carbons (Fsp3) is 0.448. The summed E-state index contributed by atoms with van der Waals surface area (Å²) < 4.78 is 0. The van der Waals surface area contributed by atoms with Crippen molar-refractivity contribution >= 4 is 46.0 Å². The summed E-state index contributed by atoms with van der Waals surface area (Å²) in [6.07, 6.45) is 1.01. The molecule has 3 heterocycles. The number of likely N-dealkylation sites (N-methyl/N-ethyl adjacent to an activating group) is 2. The highest BCUT2D eigenvalue weighted by Crippen LogP contribution is 2.56. The van der Waals surface area contributed by atoms with Crippen molar-refractivity contribution in [2.45, 2.75) is 51.7 Å². The zero-order chi connectivity index (χ0) is 26.5. The van der Waals surface area contributed by atoms with Crippen molar-refractivity contribution in [3.05, 3.63) is 80.3 Å². The molecular weight excluding hydrogens is 523 g/mol.